The summed E-state index contributed by atoms with van der Waals surface area (Å²) in [5, 5.41) is 0. The predicted molar refractivity (Wildman–Crippen MR) is 61.9 cm³/mol. The molecule has 3 aromatic rings. The summed E-state index contributed by atoms with van der Waals surface area (Å²) in [4.78, 5) is 8.66. The van der Waals surface area contributed by atoms with E-state index in [1.807, 2.05) is 30.6 Å². The molecule has 2 aromatic heterocycles. The third-order valence-electron chi connectivity index (χ3n) is 2.22. The molecular formula is C12H8N2Se. The number of pyridine rings is 1. The molecule has 3 heteroatoms. The Bertz CT molecular complexity index is 554. The molecule has 0 saturated carbocycles. The molecule has 0 bridgehead atoms. The van der Waals surface area contributed by atoms with Crippen LogP contribution >= 0.6 is 0 Å². The van der Waals surface area contributed by atoms with Crippen LogP contribution in [0.1, 0.15) is 0 Å². The number of fused-ring (bicyclic) bond motifs is 1. The fraction of sp³-hybridized carbons (Fsp3) is 0. The van der Waals surface area contributed by atoms with Gasteiger partial charge in [-0.3, -0.25) is 0 Å². The van der Waals surface area contributed by atoms with Crippen molar-refractivity contribution in [1.82, 2.24) is 9.97 Å². The van der Waals surface area contributed by atoms with Gasteiger partial charge in [-0.05, 0) is 0 Å². The zero-order valence-electron chi connectivity index (χ0n) is 7.92. The second-order valence-electron chi connectivity index (χ2n) is 3.22. The van der Waals surface area contributed by atoms with E-state index in [0.29, 0.717) is 14.5 Å². The van der Waals surface area contributed by atoms with Crippen molar-refractivity contribution in [2.24, 2.45) is 0 Å². The minimum absolute atomic E-state index is 0.345. The summed E-state index contributed by atoms with van der Waals surface area (Å²) < 4.78 is 2.57. The van der Waals surface area contributed by atoms with E-state index in [1.165, 1.54) is 14.4 Å². The standard InChI is InChI=1S/C12H8N2Se/c1-2-4-11-10(3-1)14-12(15-11)9-5-7-13-8-6-9/h1-8H. The van der Waals surface area contributed by atoms with Gasteiger partial charge in [0.05, 0.1) is 0 Å². The van der Waals surface area contributed by atoms with E-state index < -0.39 is 0 Å². The van der Waals surface area contributed by atoms with Crippen molar-refractivity contribution in [2.45, 2.75) is 0 Å². The van der Waals surface area contributed by atoms with Gasteiger partial charge < -0.3 is 0 Å². The van der Waals surface area contributed by atoms with Crippen LogP contribution < -0.4 is 0 Å². The Kier molecular flexibility index (Phi) is 2.13. The monoisotopic (exact) mass is 260 g/mol. The number of hydrogen-bond donors (Lipinski definition) is 0. The summed E-state index contributed by atoms with van der Waals surface area (Å²) in [7, 11) is 0. The second kappa shape index (κ2) is 3.61. The van der Waals surface area contributed by atoms with E-state index in [9.17, 15) is 0 Å². The van der Waals surface area contributed by atoms with Crippen LogP contribution in [0.15, 0.2) is 48.8 Å². The quantitative estimate of drug-likeness (QED) is 0.627. The average molecular weight is 259 g/mol. The first-order valence-corrected chi connectivity index (χ1v) is 6.41. The van der Waals surface area contributed by atoms with Gasteiger partial charge in [0.2, 0.25) is 0 Å². The molecule has 15 heavy (non-hydrogen) atoms. The summed E-state index contributed by atoms with van der Waals surface area (Å²) >= 11 is 0.345. The Morgan fingerprint density at radius 1 is 0.933 bits per heavy atom. The SMILES string of the molecule is c1ccc2[se]c(-c3ccncc3)nc2c1. The van der Waals surface area contributed by atoms with Crippen LogP contribution in [-0.2, 0) is 0 Å². The zero-order valence-corrected chi connectivity index (χ0v) is 9.63. The molecule has 3 rings (SSSR count). The van der Waals surface area contributed by atoms with Crippen molar-refractivity contribution < 1.29 is 0 Å². The molecule has 1 aromatic carbocycles. The molecule has 2 heterocycles. The van der Waals surface area contributed by atoms with Crippen LogP contribution in [0.2, 0.25) is 0 Å². The van der Waals surface area contributed by atoms with Gasteiger partial charge in [-0.2, -0.15) is 0 Å². The first kappa shape index (κ1) is 8.83. The molecule has 0 N–H and O–H groups in total. The number of benzene rings is 1. The van der Waals surface area contributed by atoms with Gasteiger partial charge in [0.15, 0.2) is 0 Å². The topological polar surface area (TPSA) is 25.8 Å². The summed E-state index contributed by atoms with van der Waals surface area (Å²) in [6.07, 6.45) is 3.63. The number of para-hydroxylation sites is 1. The molecule has 0 spiro atoms. The van der Waals surface area contributed by atoms with Crippen LogP contribution in [0.25, 0.3) is 19.9 Å². The number of rotatable bonds is 1. The van der Waals surface area contributed by atoms with Gasteiger partial charge in [-0.15, -0.1) is 0 Å². The Labute approximate surface area is 93.4 Å². The maximum atomic E-state index is 4.64. The molecule has 0 atom stereocenters. The Morgan fingerprint density at radius 2 is 1.73 bits per heavy atom. The van der Waals surface area contributed by atoms with E-state index in [0.717, 1.165) is 5.52 Å². The predicted octanol–water partition coefficient (Wildman–Crippen LogP) is 2.35. The fourth-order valence-electron chi connectivity index (χ4n) is 1.49. The van der Waals surface area contributed by atoms with Gasteiger partial charge in [-0.25, -0.2) is 0 Å². The molecule has 0 fully saturated rings. The van der Waals surface area contributed by atoms with Crippen molar-refractivity contribution in [3.8, 4) is 10.1 Å². The summed E-state index contributed by atoms with van der Waals surface area (Å²) in [5.41, 5.74) is 2.32. The van der Waals surface area contributed by atoms with Crippen LogP contribution in [0.4, 0.5) is 0 Å². The maximum absolute atomic E-state index is 4.64. The number of aromatic nitrogens is 2. The fourth-order valence-corrected chi connectivity index (χ4v) is 3.53. The van der Waals surface area contributed by atoms with Crippen molar-refractivity contribution in [3.05, 3.63) is 48.8 Å². The molecule has 72 valence electrons. The Balaban J connectivity index is 2.21. The Morgan fingerprint density at radius 3 is 2.53 bits per heavy atom. The Hall–Kier alpha value is -1.44. The molecule has 0 amide bonds. The molecule has 0 aliphatic heterocycles. The van der Waals surface area contributed by atoms with Crippen LogP contribution in [0, 0.1) is 0 Å². The molecule has 2 nitrogen and oxygen atoms in total. The van der Waals surface area contributed by atoms with Gasteiger partial charge in [0.25, 0.3) is 0 Å². The van der Waals surface area contributed by atoms with Crippen LogP contribution in [0.3, 0.4) is 0 Å². The zero-order chi connectivity index (χ0) is 10.1. The molecule has 0 aliphatic carbocycles. The summed E-state index contributed by atoms with van der Waals surface area (Å²) in [5.74, 6) is 0. The molecule has 0 radical (unpaired) electrons. The molecule has 0 aliphatic rings. The third kappa shape index (κ3) is 1.60. The van der Waals surface area contributed by atoms with E-state index in [2.05, 4.69) is 28.2 Å². The molecular weight excluding hydrogens is 251 g/mol. The summed E-state index contributed by atoms with van der Waals surface area (Å²) in [6.45, 7) is 0. The summed E-state index contributed by atoms with van der Waals surface area (Å²) in [6, 6.07) is 12.4. The first-order valence-electron chi connectivity index (χ1n) is 4.69. The van der Waals surface area contributed by atoms with Crippen LogP contribution in [0.5, 0.6) is 0 Å². The van der Waals surface area contributed by atoms with E-state index in [-0.39, 0.29) is 0 Å². The van der Waals surface area contributed by atoms with E-state index in [4.69, 9.17) is 0 Å². The van der Waals surface area contributed by atoms with Crippen LogP contribution in [-0.4, -0.2) is 24.5 Å². The van der Waals surface area contributed by atoms with Crippen molar-refractivity contribution in [2.75, 3.05) is 0 Å². The average Bonchev–Trinajstić information content (AvgIpc) is 2.74. The van der Waals surface area contributed by atoms with Gasteiger partial charge >= 0.3 is 93.2 Å². The molecule has 0 saturated heterocycles. The van der Waals surface area contributed by atoms with Crippen molar-refractivity contribution in [1.29, 1.82) is 0 Å². The minimum atomic E-state index is 0.345. The number of nitrogens with zero attached hydrogens (tertiary/aromatic N) is 2. The third-order valence-corrected chi connectivity index (χ3v) is 4.50. The van der Waals surface area contributed by atoms with Gasteiger partial charge in [0, 0.05) is 0 Å². The normalized spacial score (nSPS) is 10.7. The molecule has 0 unspecified atom stereocenters. The first-order chi connectivity index (χ1) is 7.43. The van der Waals surface area contributed by atoms with Gasteiger partial charge in [0.1, 0.15) is 0 Å². The van der Waals surface area contributed by atoms with E-state index in [1.54, 1.807) is 0 Å². The van der Waals surface area contributed by atoms with Crippen molar-refractivity contribution >= 4 is 24.3 Å². The van der Waals surface area contributed by atoms with Crippen molar-refractivity contribution in [3.63, 3.8) is 0 Å². The number of hydrogen-bond acceptors (Lipinski definition) is 2. The second-order valence-corrected chi connectivity index (χ2v) is 5.39. The van der Waals surface area contributed by atoms with E-state index >= 15 is 0 Å². The van der Waals surface area contributed by atoms with Gasteiger partial charge in [-0.1, -0.05) is 0 Å².